The van der Waals surface area contributed by atoms with Crippen molar-refractivity contribution in [2.24, 2.45) is 0 Å². The second-order valence-corrected chi connectivity index (χ2v) is 15.0. The molecular formula is C70H97N9. The third-order valence-corrected chi connectivity index (χ3v) is 9.31. The first-order valence-corrected chi connectivity index (χ1v) is 28.2. The minimum Gasteiger partial charge on any atom is -0.264 e. The first kappa shape index (κ1) is 75.1. The number of hydrogen-bond acceptors (Lipinski definition) is 9. The van der Waals surface area contributed by atoms with Gasteiger partial charge in [0.25, 0.3) is 0 Å². The highest BCUT2D eigenvalue weighted by Crippen LogP contribution is 2.16. The number of rotatable bonds is 0. The fraction of sp³-hybridized carbons (Fsp3) is 0.300. The lowest BCUT2D eigenvalue weighted by molar-refractivity contribution is 1.05. The number of hydrogen-bond donors (Lipinski definition) is 0. The first-order chi connectivity index (χ1) is 38.6. The molecule has 0 aliphatic heterocycles. The average molecular weight is 1060 g/mol. The Kier molecular flexibility index (Phi) is 49.3. The summed E-state index contributed by atoms with van der Waals surface area (Å²) in [5.74, 6) is 0.822. The first-order valence-electron chi connectivity index (χ1n) is 28.2. The quantitative estimate of drug-likeness (QED) is 0.146. The van der Waals surface area contributed by atoms with E-state index in [2.05, 4.69) is 163 Å². The van der Waals surface area contributed by atoms with Crippen LogP contribution >= 0.6 is 0 Å². The molecule has 0 aliphatic rings. The topological polar surface area (TPSA) is 116 Å². The fourth-order valence-corrected chi connectivity index (χ4v) is 5.96. The third-order valence-electron chi connectivity index (χ3n) is 9.31. The van der Waals surface area contributed by atoms with E-state index in [0.717, 1.165) is 33.8 Å². The van der Waals surface area contributed by atoms with Crippen LogP contribution in [0.2, 0.25) is 0 Å². The molecule has 0 fully saturated rings. The van der Waals surface area contributed by atoms with E-state index < -0.39 is 0 Å². The van der Waals surface area contributed by atoms with Crippen LogP contribution in [-0.4, -0.2) is 44.9 Å². The van der Waals surface area contributed by atoms with Gasteiger partial charge in [0.2, 0.25) is 0 Å². The van der Waals surface area contributed by atoms with Gasteiger partial charge in [-0.1, -0.05) is 205 Å². The molecule has 0 N–H and O–H groups in total. The van der Waals surface area contributed by atoms with E-state index in [-0.39, 0.29) is 0 Å². The molecule has 79 heavy (non-hydrogen) atoms. The number of aromatic nitrogens is 9. The summed E-state index contributed by atoms with van der Waals surface area (Å²) >= 11 is 0. The highest BCUT2D eigenvalue weighted by molar-refractivity contribution is 5.83. The monoisotopic (exact) mass is 1060 g/mol. The Balaban J connectivity index is -0.000000827. The summed E-state index contributed by atoms with van der Waals surface area (Å²) < 4.78 is 0. The van der Waals surface area contributed by atoms with Gasteiger partial charge in [-0.3, -0.25) is 15.0 Å². The van der Waals surface area contributed by atoms with Crippen LogP contribution in [0.4, 0.5) is 0 Å². The lowest BCUT2D eigenvalue weighted by Gasteiger charge is -1.96. The van der Waals surface area contributed by atoms with E-state index in [9.17, 15) is 0 Å². The van der Waals surface area contributed by atoms with Crippen LogP contribution in [-0.2, 0) is 0 Å². The van der Waals surface area contributed by atoms with Crippen molar-refractivity contribution in [1.29, 1.82) is 0 Å². The molecular weight excluding hydrogens is 967 g/mol. The minimum absolute atomic E-state index is 0.822. The predicted octanol–water partition coefficient (Wildman–Crippen LogP) is 20.3. The fourth-order valence-electron chi connectivity index (χ4n) is 5.96. The molecule has 11 aromatic rings. The summed E-state index contributed by atoms with van der Waals surface area (Å²) in [4.78, 5) is 35.6. The summed E-state index contributed by atoms with van der Waals surface area (Å²) in [6.45, 7) is 42.0. The number of pyridine rings is 3. The maximum Gasteiger partial charge on any atom is 0.125 e. The highest BCUT2D eigenvalue weighted by atomic mass is 14.8. The van der Waals surface area contributed by atoms with E-state index in [4.69, 9.17) is 0 Å². The van der Waals surface area contributed by atoms with Crippen LogP contribution in [0.1, 0.15) is 136 Å². The van der Waals surface area contributed by atoms with Crippen LogP contribution in [0, 0.1) is 48.5 Å². The number of nitrogens with zero attached hydrogens (tertiary/aromatic N) is 9. The zero-order valence-electron chi connectivity index (χ0n) is 52.2. The van der Waals surface area contributed by atoms with Gasteiger partial charge in [-0.05, 0) is 124 Å². The van der Waals surface area contributed by atoms with Gasteiger partial charge < -0.3 is 0 Å². The maximum atomic E-state index is 4.38. The van der Waals surface area contributed by atoms with Crippen molar-refractivity contribution in [3.63, 3.8) is 0 Å². The van der Waals surface area contributed by atoms with Crippen molar-refractivity contribution < 1.29 is 0 Å². The SMILES string of the molecule is CC.CC.CC.CC.CC.CC.CC.Cc1ccc2ccccc2c1.Cc1ccc2ccccc2n1.Cc1ccc2cccnc2c1.Cc1ccc2ccncc2c1.Cc1ccncn1.Cc1cncnc1.Cc1ncccn1. The molecule has 0 atom stereocenters. The Morgan fingerprint density at radius 3 is 1.22 bits per heavy atom. The van der Waals surface area contributed by atoms with Crippen molar-refractivity contribution in [2.75, 3.05) is 0 Å². The van der Waals surface area contributed by atoms with Gasteiger partial charge in [-0.15, -0.1) is 0 Å². The molecule has 9 heteroatoms. The van der Waals surface area contributed by atoms with Crippen LogP contribution in [0.25, 0.3) is 43.4 Å². The molecule has 11 rings (SSSR count). The van der Waals surface area contributed by atoms with Crippen molar-refractivity contribution in [3.8, 4) is 0 Å². The molecule has 0 radical (unpaired) electrons. The molecule has 9 nitrogen and oxygen atoms in total. The molecule has 0 spiro atoms. The van der Waals surface area contributed by atoms with Gasteiger partial charge in [-0.2, -0.15) is 0 Å². The zero-order chi connectivity index (χ0) is 60.1. The summed E-state index contributed by atoms with van der Waals surface area (Å²) in [6, 6.07) is 49.5. The van der Waals surface area contributed by atoms with Gasteiger partial charge in [0.05, 0.1) is 11.0 Å². The predicted molar refractivity (Wildman–Crippen MR) is 348 cm³/mol. The average Bonchev–Trinajstić information content (AvgIpc) is 3.52. The zero-order valence-corrected chi connectivity index (χ0v) is 52.2. The highest BCUT2D eigenvalue weighted by Gasteiger charge is 1.94. The van der Waals surface area contributed by atoms with E-state index in [1.165, 1.54) is 61.7 Å². The molecule has 5 aromatic carbocycles. The lowest BCUT2D eigenvalue weighted by atomic mass is 10.1. The number of para-hydroxylation sites is 1. The number of aryl methyl sites for hydroxylation is 7. The molecule has 0 unspecified atom stereocenters. The third kappa shape index (κ3) is 35.0. The number of fused-ring (bicyclic) bond motifs is 4. The normalized spacial score (nSPS) is 8.57. The van der Waals surface area contributed by atoms with Gasteiger partial charge in [0, 0.05) is 77.1 Å². The molecule has 0 saturated heterocycles. The lowest BCUT2D eigenvalue weighted by Crippen LogP contribution is -1.80. The van der Waals surface area contributed by atoms with Gasteiger partial charge in [0.15, 0.2) is 0 Å². The van der Waals surface area contributed by atoms with Gasteiger partial charge in [0.1, 0.15) is 18.5 Å². The molecule has 422 valence electrons. The summed E-state index contributed by atoms with van der Waals surface area (Å²) in [5, 5.41) is 7.53. The summed E-state index contributed by atoms with van der Waals surface area (Å²) in [7, 11) is 0. The molecule has 0 amide bonds. The van der Waals surface area contributed by atoms with E-state index in [0.29, 0.717) is 0 Å². The summed E-state index contributed by atoms with van der Waals surface area (Å²) in [6.07, 6.45) is 17.3. The second kappa shape index (κ2) is 51.9. The smallest absolute Gasteiger partial charge is 0.125 e. The maximum absolute atomic E-state index is 4.38. The largest absolute Gasteiger partial charge is 0.264 e. The molecule has 6 heterocycles. The molecule has 6 aromatic heterocycles. The Hall–Kier alpha value is -8.17. The molecule has 0 bridgehead atoms. The Morgan fingerprint density at radius 2 is 0.709 bits per heavy atom. The summed E-state index contributed by atoms with van der Waals surface area (Å²) in [5.41, 5.74) is 9.20. The van der Waals surface area contributed by atoms with Crippen molar-refractivity contribution >= 4 is 43.4 Å². The Morgan fingerprint density at radius 1 is 0.253 bits per heavy atom. The van der Waals surface area contributed by atoms with Crippen LogP contribution in [0.5, 0.6) is 0 Å². The Bertz CT molecular complexity index is 2680. The van der Waals surface area contributed by atoms with Crippen molar-refractivity contribution in [1.82, 2.24) is 44.9 Å². The number of benzene rings is 5. The van der Waals surface area contributed by atoms with Crippen molar-refractivity contribution in [3.05, 3.63) is 247 Å². The van der Waals surface area contributed by atoms with E-state index in [1.807, 2.05) is 186 Å². The second-order valence-electron chi connectivity index (χ2n) is 15.0. The van der Waals surface area contributed by atoms with E-state index in [1.54, 1.807) is 37.1 Å². The van der Waals surface area contributed by atoms with Crippen molar-refractivity contribution in [2.45, 2.75) is 145 Å². The molecule has 0 aliphatic carbocycles. The standard InChI is InChI=1S/C11H10.3C10H9N.3C5H6N2.7C2H6/c1-9-6-7-10-4-2-3-5-11(10)8-9;1-8-2-3-9-4-5-11-7-10(9)6-8;1-8-4-5-9-3-2-6-11-10(9)7-8;1-8-6-7-9-4-2-3-5-10(9)11-8;1-5-2-6-4-7-3-5;1-5-2-3-6-4-7-5;1-5-6-3-2-4-7-5;7*1-2/h2-8H,1H3;3*2-7H,1H3;3*2-4H,1H3;7*1-2H3. The Labute approximate surface area is 478 Å². The molecule has 0 saturated carbocycles. The minimum atomic E-state index is 0.822. The van der Waals surface area contributed by atoms with Crippen LogP contribution in [0.15, 0.2) is 208 Å². The van der Waals surface area contributed by atoms with E-state index >= 15 is 0 Å². The van der Waals surface area contributed by atoms with Crippen LogP contribution < -0.4 is 0 Å². The van der Waals surface area contributed by atoms with Gasteiger partial charge >= 0.3 is 0 Å². The van der Waals surface area contributed by atoms with Gasteiger partial charge in [-0.25, -0.2) is 29.9 Å². The van der Waals surface area contributed by atoms with Crippen LogP contribution in [0.3, 0.4) is 0 Å².